The summed E-state index contributed by atoms with van der Waals surface area (Å²) in [4.78, 5) is 0.268. The first-order valence-electron chi connectivity index (χ1n) is 4.93. The van der Waals surface area contributed by atoms with Gasteiger partial charge in [-0.05, 0) is 53.5 Å². The fourth-order valence-corrected chi connectivity index (χ4v) is 3.32. The molecule has 0 aromatic heterocycles. The summed E-state index contributed by atoms with van der Waals surface area (Å²) in [6.45, 7) is 2.68. The van der Waals surface area contributed by atoms with Crippen molar-refractivity contribution in [3.63, 3.8) is 0 Å². The second-order valence-electron chi connectivity index (χ2n) is 3.47. The zero-order valence-corrected chi connectivity index (χ0v) is 11.4. The SMILES string of the molecule is Cc1ccc(Br)c(S(=O)(=O)NCCCN)c1. The Morgan fingerprint density at radius 3 is 2.75 bits per heavy atom. The number of rotatable bonds is 5. The molecular formula is C10H15BrN2O2S. The van der Waals surface area contributed by atoms with Gasteiger partial charge in [-0.25, -0.2) is 13.1 Å². The lowest BCUT2D eigenvalue weighted by Crippen LogP contribution is -2.26. The van der Waals surface area contributed by atoms with E-state index in [9.17, 15) is 8.42 Å². The van der Waals surface area contributed by atoms with Crippen LogP contribution in [0.1, 0.15) is 12.0 Å². The van der Waals surface area contributed by atoms with Crippen LogP contribution in [0.2, 0.25) is 0 Å². The molecule has 0 bridgehead atoms. The van der Waals surface area contributed by atoms with Crippen LogP contribution in [0.4, 0.5) is 0 Å². The highest BCUT2D eigenvalue weighted by atomic mass is 79.9. The summed E-state index contributed by atoms with van der Waals surface area (Å²) in [5.74, 6) is 0. The van der Waals surface area contributed by atoms with E-state index in [1.165, 1.54) is 0 Å². The molecule has 0 atom stereocenters. The highest BCUT2D eigenvalue weighted by Gasteiger charge is 2.16. The molecule has 16 heavy (non-hydrogen) atoms. The predicted octanol–water partition coefficient (Wildman–Crippen LogP) is 1.38. The van der Waals surface area contributed by atoms with Gasteiger partial charge in [-0.15, -0.1) is 0 Å². The first-order valence-corrected chi connectivity index (χ1v) is 7.21. The number of nitrogens with two attached hydrogens (primary N) is 1. The van der Waals surface area contributed by atoms with Crippen LogP contribution in [-0.4, -0.2) is 21.5 Å². The Balaban J connectivity index is 2.93. The molecule has 0 radical (unpaired) electrons. The number of benzene rings is 1. The van der Waals surface area contributed by atoms with Gasteiger partial charge in [-0.2, -0.15) is 0 Å². The number of halogens is 1. The Morgan fingerprint density at radius 1 is 1.44 bits per heavy atom. The molecule has 0 aliphatic rings. The Labute approximate surface area is 104 Å². The van der Waals surface area contributed by atoms with Crippen LogP contribution in [0.15, 0.2) is 27.6 Å². The Morgan fingerprint density at radius 2 is 2.12 bits per heavy atom. The zero-order chi connectivity index (χ0) is 12.2. The fraction of sp³-hybridized carbons (Fsp3) is 0.400. The maximum absolute atomic E-state index is 11.9. The second-order valence-corrected chi connectivity index (χ2v) is 6.06. The van der Waals surface area contributed by atoms with Gasteiger partial charge in [0.25, 0.3) is 0 Å². The minimum Gasteiger partial charge on any atom is -0.330 e. The molecule has 1 aromatic carbocycles. The van der Waals surface area contributed by atoms with Crippen molar-refractivity contribution < 1.29 is 8.42 Å². The van der Waals surface area contributed by atoms with Gasteiger partial charge in [0.1, 0.15) is 0 Å². The van der Waals surface area contributed by atoms with Gasteiger partial charge < -0.3 is 5.73 Å². The third-order valence-corrected chi connectivity index (χ3v) is 4.50. The van der Waals surface area contributed by atoms with Gasteiger partial charge in [0.15, 0.2) is 0 Å². The van der Waals surface area contributed by atoms with E-state index in [1.54, 1.807) is 12.1 Å². The van der Waals surface area contributed by atoms with Crippen molar-refractivity contribution in [3.8, 4) is 0 Å². The quantitative estimate of drug-likeness (QED) is 0.807. The van der Waals surface area contributed by atoms with Gasteiger partial charge in [-0.1, -0.05) is 6.07 Å². The molecule has 1 aromatic rings. The average Bonchev–Trinajstić information content (AvgIpc) is 2.22. The summed E-state index contributed by atoms with van der Waals surface area (Å²) in [6.07, 6.45) is 0.628. The maximum Gasteiger partial charge on any atom is 0.241 e. The van der Waals surface area contributed by atoms with Crippen LogP contribution in [0.5, 0.6) is 0 Å². The number of nitrogens with one attached hydrogen (secondary N) is 1. The molecule has 6 heteroatoms. The van der Waals surface area contributed by atoms with Gasteiger partial charge in [0, 0.05) is 11.0 Å². The molecule has 0 spiro atoms. The van der Waals surface area contributed by atoms with Crippen LogP contribution >= 0.6 is 15.9 Å². The van der Waals surface area contributed by atoms with Crippen molar-refractivity contribution in [2.45, 2.75) is 18.2 Å². The predicted molar refractivity (Wildman–Crippen MR) is 67.7 cm³/mol. The van der Waals surface area contributed by atoms with Crippen LogP contribution in [-0.2, 0) is 10.0 Å². The number of hydrogen-bond acceptors (Lipinski definition) is 3. The van der Waals surface area contributed by atoms with Crippen LogP contribution in [0.3, 0.4) is 0 Å². The molecule has 1 rings (SSSR count). The van der Waals surface area contributed by atoms with Crippen molar-refractivity contribution in [3.05, 3.63) is 28.2 Å². The summed E-state index contributed by atoms with van der Waals surface area (Å²) >= 11 is 3.23. The second kappa shape index (κ2) is 5.77. The van der Waals surface area contributed by atoms with Crippen LogP contribution in [0, 0.1) is 6.92 Å². The van der Waals surface area contributed by atoms with E-state index >= 15 is 0 Å². The topological polar surface area (TPSA) is 72.2 Å². The zero-order valence-electron chi connectivity index (χ0n) is 9.03. The summed E-state index contributed by atoms with van der Waals surface area (Å²) in [7, 11) is -3.44. The standard InChI is InChI=1S/C10H15BrN2O2S/c1-8-3-4-9(11)10(7-8)16(14,15)13-6-2-5-12/h3-4,7,13H,2,5-6,12H2,1H3. The lowest BCUT2D eigenvalue weighted by atomic mass is 10.2. The van der Waals surface area contributed by atoms with E-state index in [4.69, 9.17) is 5.73 Å². The van der Waals surface area contributed by atoms with E-state index in [1.807, 2.05) is 13.0 Å². The first-order chi connectivity index (χ1) is 7.47. The summed E-state index contributed by atoms with van der Waals surface area (Å²) in [5, 5.41) is 0. The molecule has 4 nitrogen and oxygen atoms in total. The van der Waals surface area contributed by atoms with Crippen LogP contribution < -0.4 is 10.5 Å². The highest BCUT2D eigenvalue weighted by Crippen LogP contribution is 2.22. The van der Waals surface area contributed by atoms with Gasteiger partial charge in [0.2, 0.25) is 10.0 Å². The molecule has 3 N–H and O–H groups in total. The van der Waals surface area contributed by atoms with E-state index in [0.29, 0.717) is 24.0 Å². The van der Waals surface area contributed by atoms with Gasteiger partial charge in [0.05, 0.1) is 4.90 Å². The maximum atomic E-state index is 11.9. The molecule has 0 aliphatic carbocycles. The molecular weight excluding hydrogens is 292 g/mol. The molecule has 0 saturated heterocycles. The normalized spacial score (nSPS) is 11.7. The van der Waals surface area contributed by atoms with E-state index < -0.39 is 10.0 Å². The van der Waals surface area contributed by atoms with E-state index in [0.717, 1.165) is 5.56 Å². The summed E-state index contributed by atoms with van der Waals surface area (Å²) in [5.41, 5.74) is 6.21. The van der Waals surface area contributed by atoms with Gasteiger partial charge in [-0.3, -0.25) is 0 Å². The van der Waals surface area contributed by atoms with E-state index in [2.05, 4.69) is 20.7 Å². The molecule has 0 fully saturated rings. The molecule has 90 valence electrons. The minimum atomic E-state index is -3.44. The fourth-order valence-electron chi connectivity index (χ4n) is 1.20. The van der Waals surface area contributed by atoms with Crippen molar-refractivity contribution in [1.82, 2.24) is 4.72 Å². The monoisotopic (exact) mass is 306 g/mol. The number of aryl methyl sites for hydroxylation is 1. The molecule has 0 saturated carbocycles. The molecule has 0 heterocycles. The Hall–Kier alpha value is -0.430. The molecule has 0 unspecified atom stereocenters. The van der Waals surface area contributed by atoms with Crippen molar-refractivity contribution in [1.29, 1.82) is 0 Å². The third kappa shape index (κ3) is 3.55. The third-order valence-electron chi connectivity index (χ3n) is 2.05. The molecule has 0 aliphatic heterocycles. The molecule has 0 amide bonds. The highest BCUT2D eigenvalue weighted by molar-refractivity contribution is 9.10. The Kier molecular flexibility index (Phi) is 4.91. The minimum absolute atomic E-state index is 0.268. The number of hydrogen-bond donors (Lipinski definition) is 2. The smallest absolute Gasteiger partial charge is 0.241 e. The van der Waals surface area contributed by atoms with Gasteiger partial charge >= 0.3 is 0 Å². The summed E-state index contributed by atoms with van der Waals surface area (Å²) < 4.78 is 26.9. The lowest BCUT2D eigenvalue weighted by molar-refractivity contribution is 0.579. The van der Waals surface area contributed by atoms with E-state index in [-0.39, 0.29) is 4.90 Å². The summed E-state index contributed by atoms with van der Waals surface area (Å²) in [6, 6.07) is 5.21. The van der Waals surface area contributed by atoms with Crippen molar-refractivity contribution in [2.75, 3.05) is 13.1 Å². The average molecular weight is 307 g/mol. The van der Waals surface area contributed by atoms with Crippen LogP contribution in [0.25, 0.3) is 0 Å². The lowest BCUT2D eigenvalue weighted by Gasteiger charge is -2.08. The largest absolute Gasteiger partial charge is 0.330 e. The van der Waals surface area contributed by atoms with Crippen molar-refractivity contribution in [2.24, 2.45) is 5.73 Å². The Bertz CT molecular complexity index is 460. The number of sulfonamides is 1. The first kappa shape index (κ1) is 13.6. The van der Waals surface area contributed by atoms with Crippen molar-refractivity contribution >= 4 is 26.0 Å².